The largest absolute Gasteiger partial charge is 0.497 e. The monoisotopic (exact) mass is 392 g/mol. The van der Waals surface area contributed by atoms with E-state index in [-0.39, 0.29) is 12.5 Å². The Morgan fingerprint density at radius 2 is 1.52 bits per heavy atom. The minimum absolute atomic E-state index is 0.152. The number of para-hydroxylation sites is 1. The van der Waals surface area contributed by atoms with Gasteiger partial charge in [-0.1, -0.05) is 18.2 Å². The van der Waals surface area contributed by atoms with Crippen LogP contribution in [0.1, 0.15) is 0 Å². The zero-order valence-corrected chi connectivity index (χ0v) is 16.7. The molecule has 1 N–H and O–H groups in total. The van der Waals surface area contributed by atoms with Gasteiger partial charge in [0.2, 0.25) is 5.91 Å². The molecular formula is C23H24N2O4. The first kappa shape index (κ1) is 20.1. The Labute approximate surface area is 170 Å². The molecule has 6 heteroatoms. The first-order chi connectivity index (χ1) is 14.1. The maximum atomic E-state index is 12.5. The first-order valence-electron chi connectivity index (χ1n) is 9.15. The topological polar surface area (TPSA) is 60.0 Å². The summed E-state index contributed by atoms with van der Waals surface area (Å²) in [5, 5.41) is 2.87. The van der Waals surface area contributed by atoms with E-state index in [4.69, 9.17) is 14.2 Å². The van der Waals surface area contributed by atoms with Crippen molar-refractivity contribution in [3.63, 3.8) is 0 Å². The third kappa shape index (κ3) is 5.42. The number of likely N-dealkylation sites (N-methyl/N-ethyl adjacent to an activating group) is 1. The molecule has 0 fully saturated rings. The number of hydrogen-bond acceptors (Lipinski definition) is 5. The van der Waals surface area contributed by atoms with Gasteiger partial charge in [-0.05, 0) is 48.5 Å². The van der Waals surface area contributed by atoms with Gasteiger partial charge in [0, 0.05) is 18.8 Å². The average molecular weight is 392 g/mol. The van der Waals surface area contributed by atoms with Gasteiger partial charge in [0.1, 0.15) is 23.0 Å². The second-order valence-electron chi connectivity index (χ2n) is 6.38. The van der Waals surface area contributed by atoms with E-state index in [2.05, 4.69) is 5.32 Å². The molecule has 29 heavy (non-hydrogen) atoms. The molecule has 0 unspecified atom stereocenters. The number of nitrogens with zero attached hydrogens (tertiary/aromatic N) is 1. The quantitative estimate of drug-likeness (QED) is 0.608. The van der Waals surface area contributed by atoms with E-state index in [1.54, 1.807) is 32.4 Å². The minimum Gasteiger partial charge on any atom is -0.497 e. The van der Waals surface area contributed by atoms with Gasteiger partial charge >= 0.3 is 0 Å². The number of methoxy groups -OCH3 is 2. The lowest BCUT2D eigenvalue weighted by atomic mass is 10.2. The highest BCUT2D eigenvalue weighted by Crippen LogP contribution is 2.29. The first-order valence-corrected chi connectivity index (χ1v) is 9.15. The molecule has 3 aromatic carbocycles. The van der Waals surface area contributed by atoms with Crippen LogP contribution in [0.3, 0.4) is 0 Å². The lowest BCUT2D eigenvalue weighted by Crippen LogP contribution is -2.30. The molecule has 3 rings (SSSR count). The van der Waals surface area contributed by atoms with Crippen molar-refractivity contribution in [2.45, 2.75) is 0 Å². The zero-order valence-electron chi connectivity index (χ0n) is 16.7. The zero-order chi connectivity index (χ0) is 20.6. The van der Waals surface area contributed by atoms with Crippen LogP contribution >= 0.6 is 0 Å². The Morgan fingerprint density at radius 3 is 2.17 bits per heavy atom. The molecule has 150 valence electrons. The molecule has 0 saturated carbocycles. The highest BCUT2D eigenvalue weighted by molar-refractivity contribution is 5.95. The predicted octanol–water partition coefficient (Wildman–Crippen LogP) is 4.57. The predicted molar refractivity (Wildman–Crippen MR) is 114 cm³/mol. The second-order valence-corrected chi connectivity index (χ2v) is 6.38. The third-order valence-electron chi connectivity index (χ3n) is 4.32. The lowest BCUT2D eigenvalue weighted by molar-refractivity contribution is -0.114. The normalized spacial score (nSPS) is 10.2. The van der Waals surface area contributed by atoms with Crippen LogP contribution in [0.15, 0.2) is 72.8 Å². The van der Waals surface area contributed by atoms with E-state index in [1.807, 2.05) is 66.5 Å². The molecule has 0 saturated heterocycles. The summed E-state index contributed by atoms with van der Waals surface area (Å²) >= 11 is 0. The van der Waals surface area contributed by atoms with E-state index in [1.165, 1.54) is 0 Å². The van der Waals surface area contributed by atoms with Crippen molar-refractivity contribution >= 4 is 17.3 Å². The molecule has 0 spiro atoms. The van der Waals surface area contributed by atoms with E-state index in [0.29, 0.717) is 17.2 Å². The van der Waals surface area contributed by atoms with Crippen molar-refractivity contribution in [2.24, 2.45) is 0 Å². The molecule has 0 radical (unpaired) electrons. The molecule has 0 aliphatic heterocycles. The number of carbonyl (C=O) groups excluding carboxylic acids is 1. The van der Waals surface area contributed by atoms with Gasteiger partial charge in [-0.3, -0.25) is 4.79 Å². The molecule has 0 aromatic heterocycles. The Morgan fingerprint density at radius 1 is 0.862 bits per heavy atom. The van der Waals surface area contributed by atoms with Gasteiger partial charge in [-0.2, -0.15) is 0 Å². The van der Waals surface area contributed by atoms with Gasteiger partial charge in [-0.15, -0.1) is 0 Å². The fourth-order valence-corrected chi connectivity index (χ4v) is 2.79. The fraction of sp³-hybridized carbons (Fsp3) is 0.174. The van der Waals surface area contributed by atoms with Crippen LogP contribution in [0.5, 0.6) is 23.0 Å². The van der Waals surface area contributed by atoms with Crippen LogP contribution in [0.4, 0.5) is 11.4 Å². The summed E-state index contributed by atoms with van der Waals surface area (Å²) in [6.45, 7) is 0.189. The van der Waals surface area contributed by atoms with Crippen LogP contribution in [0.2, 0.25) is 0 Å². The van der Waals surface area contributed by atoms with Gasteiger partial charge in [-0.25, -0.2) is 0 Å². The van der Waals surface area contributed by atoms with E-state index in [0.717, 1.165) is 17.2 Å². The van der Waals surface area contributed by atoms with Crippen molar-refractivity contribution in [1.82, 2.24) is 0 Å². The van der Waals surface area contributed by atoms with Gasteiger partial charge < -0.3 is 24.4 Å². The van der Waals surface area contributed by atoms with Crippen LogP contribution in [-0.2, 0) is 4.79 Å². The van der Waals surface area contributed by atoms with Crippen molar-refractivity contribution in [3.05, 3.63) is 72.8 Å². The van der Waals surface area contributed by atoms with Crippen molar-refractivity contribution < 1.29 is 19.0 Å². The molecule has 0 aliphatic carbocycles. The van der Waals surface area contributed by atoms with E-state index in [9.17, 15) is 4.79 Å². The molecule has 0 heterocycles. The standard InChI is InChI=1S/C23H24N2O4/c1-25(16-23(26)24-21-14-13-20(27-2)15-22(21)28-3)17-9-11-19(12-10-17)29-18-7-5-4-6-8-18/h4-15H,16H2,1-3H3,(H,24,26). The number of nitrogens with one attached hydrogen (secondary N) is 1. The lowest BCUT2D eigenvalue weighted by Gasteiger charge is -2.20. The summed E-state index contributed by atoms with van der Waals surface area (Å²) in [5.74, 6) is 2.57. The van der Waals surface area contributed by atoms with E-state index >= 15 is 0 Å². The molecule has 6 nitrogen and oxygen atoms in total. The Hall–Kier alpha value is -3.67. The molecule has 3 aromatic rings. The van der Waals surface area contributed by atoms with Crippen LogP contribution in [0, 0.1) is 0 Å². The number of amides is 1. The summed E-state index contributed by atoms with van der Waals surface area (Å²) in [7, 11) is 4.99. The fourth-order valence-electron chi connectivity index (χ4n) is 2.79. The Bertz CT molecular complexity index is 943. The number of benzene rings is 3. The Balaban J connectivity index is 1.59. The maximum absolute atomic E-state index is 12.5. The van der Waals surface area contributed by atoms with Crippen LogP contribution in [0.25, 0.3) is 0 Å². The number of rotatable bonds is 8. The average Bonchev–Trinajstić information content (AvgIpc) is 2.75. The highest BCUT2D eigenvalue weighted by atomic mass is 16.5. The third-order valence-corrected chi connectivity index (χ3v) is 4.32. The van der Waals surface area contributed by atoms with Gasteiger partial charge in [0.05, 0.1) is 26.5 Å². The van der Waals surface area contributed by atoms with Crippen LogP contribution in [-0.4, -0.2) is 33.7 Å². The van der Waals surface area contributed by atoms with Gasteiger partial charge in [0.15, 0.2) is 0 Å². The molecule has 0 atom stereocenters. The summed E-state index contributed by atoms with van der Waals surface area (Å²) in [6.07, 6.45) is 0. The number of carbonyl (C=O) groups is 1. The number of anilines is 2. The van der Waals surface area contributed by atoms with Crippen LogP contribution < -0.4 is 24.4 Å². The summed E-state index contributed by atoms with van der Waals surface area (Å²) in [5.41, 5.74) is 1.50. The minimum atomic E-state index is -0.152. The van der Waals surface area contributed by atoms with Crippen molar-refractivity contribution in [2.75, 3.05) is 38.0 Å². The smallest absolute Gasteiger partial charge is 0.243 e. The highest BCUT2D eigenvalue weighted by Gasteiger charge is 2.12. The molecular weight excluding hydrogens is 368 g/mol. The number of ether oxygens (including phenoxy) is 3. The second kappa shape index (κ2) is 9.50. The Kier molecular flexibility index (Phi) is 6.58. The molecule has 1 amide bonds. The van der Waals surface area contributed by atoms with Crippen molar-refractivity contribution in [1.29, 1.82) is 0 Å². The summed E-state index contributed by atoms with van der Waals surface area (Å²) < 4.78 is 16.3. The SMILES string of the molecule is COc1ccc(NC(=O)CN(C)c2ccc(Oc3ccccc3)cc2)c(OC)c1. The molecule has 0 bridgehead atoms. The maximum Gasteiger partial charge on any atom is 0.243 e. The molecule has 0 aliphatic rings. The summed E-state index contributed by atoms with van der Waals surface area (Å²) in [4.78, 5) is 14.3. The van der Waals surface area contributed by atoms with Gasteiger partial charge in [0.25, 0.3) is 0 Å². The van der Waals surface area contributed by atoms with E-state index < -0.39 is 0 Å². The summed E-state index contributed by atoms with van der Waals surface area (Å²) in [6, 6.07) is 22.4. The van der Waals surface area contributed by atoms with Crippen molar-refractivity contribution in [3.8, 4) is 23.0 Å². The number of hydrogen-bond donors (Lipinski definition) is 1.